The third-order valence-corrected chi connectivity index (χ3v) is 12.4. The van der Waals surface area contributed by atoms with Crippen molar-refractivity contribution in [3.8, 4) is 44.5 Å². The number of fused-ring (bicyclic) bond motifs is 8. The number of hydrogen-bond acceptors (Lipinski definition) is 2. The minimum absolute atomic E-state index is 0.873. The zero-order valence-electron chi connectivity index (χ0n) is 33.9. The smallest absolute Gasteiger partial charge is 0.145 e. The van der Waals surface area contributed by atoms with Gasteiger partial charge in [0.25, 0.3) is 0 Å². The summed E-state index contributed by atoms with van der Waals surface area (Å²) in [6.45, 7) is 0. The predicted octanol–water partition coefficient (Wildman–Crippen LogP) is 17.2. The van der Waals surface area contributed by atoms with Crippen LogP contribution < -0.4 is 4.90 Å². The summed E-state index contributed by atoms with van der Waals surface area (Å²) in [5.41, 5.74) is 14.4. The quantitative estimate of drug-likeness (QED) is 0.150. The molecule has 2 nitrogen and oxygen atoms in total. The molecule has 0 radical (unpaired) electrons. The van der Waals surface area contributed by atoms with Gasteiger partial charge in [-0.1, -0.05) is 194 Å². The van der Waals surface area contributed by atoms with Gasteiger partial charge in [0.15, 0.2) is 0 Å². The molecule has 290 valence electrons. The van der Waals surface area contributed by atoms with Crippen LogP contribution in [-0.2, 0) is 0 Å². The first kappa shape index (κ1) is 35.7. The zero-order valence-corrected chi connectivity index (χ0v) is 33.9. The Balaban J connectivity index is 1.03. The van der Waals surface area contributed by atoms with Gasteiger partial charge in [0, 0.05) is 22.0 Å². The van der Waals surface area contributed by atoms with Crippen molar-refractivity contribution in [2.45, 2.75) is 0 Å². The van der Waals surface area contributed by atoms with E-state index in [9.17, 15) is 0 Å². The van der Waals surface area contributed by atoms with Gasteiger partial charge in [-0.25, -0.2) is 0 Å². The Kier molecular flexibility index (Phi) is 8.53. The molecule has 0 fully saturated rings. The molecule has 0 aliphatic heterocycles. The number of nitrogens with zero attached hydrogens (tertiary/aromatic N) is 1. The Morgan fingerprint density at radius 1 is 0.290 bits per heavy atom. The highest BCUT2D eigenvalue weighted by atomic mass is 16.3. The Morgan fingerprint density at radius 3 is 1.52 bits per heavy atom. The number of para-hydroxylation sites is 1. The van der Waals surface area contributed by atoms with E-state index in [2.05, 4.69) is 241 Å². The highest BCUT2D eigenvalue weighted by Gasteiger charge is 2.24. The van der Waals surface area contributed by atoms with E-state index in [1.54, 1.807) is 0 Å². The number of benzene rings is 11. The standard InChI is InChI=1S/C60H39NO/c1-3-15-40(16-4-1)45-33-36-56(55(37-45)43-17-5-2-6-18-43)61(57-39-47-20-8-10-22-50(47)60-59(57)53-25-13-14-26-58(53)62-60)48-34-31-42(32-35-48)41-27-29-44(30-28-41)54-38-46-19-7-9-21-49(46)51-23-11-12-24-52(51)54/h1-39H. The SMILES string of the molecule is c1ccc(-c2ccc(N(c3ccc(-c4ccc(-c5cc6ccccc6c6ccccc56)cc4)cc3)c3cc4ccccc4c4oc5ccccc5c34)c(-c3ccccc3)c2)cc1. The number of hydrogen-bond donors (Lipinski definition) is 0. The lowest BCUT2D eigenvalue weighted by Gasteiger charge is -2.29. The molecule has 12 rings (SSSR count). The summed E-state index contributed by atoms with van der Waals surface area (Å²) in [5.74, 6) is 0. The van der Waals surface area contributed by atoms with Crippen LogP contribution in [0.1, 0.15) is 0 Å². The van der Waals surface area contributed by atoms with Crippen LogP contribution in [0.25, 0.3) is 98.8 Å². The summed E-state index contributed by atoms with van der Waals surface area (Å²) < 4.78 is 6.76. The van der Waals surface area contributed by atoms with Crippen LogP contribution in [0.2, 0.25) is 0 Å². The molecule has 11 aromatic carbocycles. The summed E-state index contributed by atoms with van der Waals surface area (Å²) in [6, 6.07) is 85.4. The van der Waals surface area contributed by atoms with Crippen molar-refractivity contribution in [1.82, 2.24) is 0 Å². The molecular formula is C60H39NO. The molecule has 1 aromatic heterocycles. The van der Waals surface area contributed by atoms with Crippen molar-refractivity contribution in [3.63, 3.8) is 0 Å². The lowest BCUT2D eigenvalue weighted by Crippen LogP contribution is -2.12. The van der Waals surface area contributed by atoms with Crippen LogP contribution >= 0.6 is 0 Å². The van der Waals surface area contributed by atoms with Crippen LogP contribution in [-0.4, -0.2) is 0 Å². The second-order valence-electron chi connectivity index (χ2n) is 16.0. The predicted molar refractivity (Wildman–Crippen MR) is 263 cm³/mol. The fourth-order valence-corrected chi connectivity index (χ4v) is 9.45. The van der Waals surface area contributed by atoms with Gasteiger partial charge in [-0.15, -0.1) is 0 Å². The molecule has 2 heteroatoms. The molecule has 0 atom stereocenters. The molecule has 0 aliphatic carbocycles. The summed E-state index contributed by atoms with van der Waals surface area (Å²) in [6.07, 6.45) is 0. The average Bonchev–Trinajstić information content (AvgIpc) is 3.75. The number of furan rings is 1. The van der Waals surface area contributed by atoms with Crippen LogP contribution in [0.3, 0.4) is 0 Å². The maximum absolute atomic E-state index is 6.76. The maximum Gasteiger partial charge on any atom is 0.145 e. The molecule has 0 saturated heterocycles. The van der Waals surface area contributed by atoms with E-state index in [4.69, 9.17) is 4.42 Å². The molecular weight excluding hydrogens is 751 g/mol. The van der Waals surface area contributed by atoms with E-state index in [1.807, 2.05) is 0 Å². The molecule has 0 N–H and O–H groups in total. The molecule has 0 saturated carbocycles. The normalized spacial score (nSPS) is 11.5. The first-order valence-corrected chi connectivity index (χ1v) is 21.2. The van der Waals surface area contributed by atoms with Gasteiger partial charge in [-0.2, -0.15) is 0 Å². The third-order valence-electron chi connectivity index (χ3n) is 12.4. The van der Waals surface area contributed by atoms with Crippen LogP contribution in [0.4, 0.5) is 17.1 Å². The highest BCUT2D eigenvalue weighted by Crippen LogP contribution is 2.49. The Labute approximate surface area is 360 Å². The van der Waals surface area contributed by atoms with Crippen molar-refractivity contribution < 1.29 is 4.42 Å². The second kappa shape index (κ2) is 14.8. The van der Waals surface area contributed by atoms with E-state index in [-0.39, 0.29) is 0 Å². The first-order chi connectivity index (χ1) is 30.7. The third kappa shape index (κ3) is 6.04. The summed E-state index contributed by atoms with van der Waals surface area (Å²) in [5, 5.41) is 9.48. The van der Waals surface area contributed by atoms with Crippen molar-refractivity contribution in [1.29, 1.82) is 0 Å². The average molecular weight is 790 g/mol. The molecule has 62 heavy (non-hydrogen) atoms. The Morgan fingerprint density at radius 2 is 0.790 bits per heavy atom. The van der Waals surface area contributed by atoms with E-state index in [0.717, 1.165) is 66.5 Å². The van der Waals surface area contributed by atoms with Gasteiger partial charge < -0.3 is 9.32 Å². The van der Waals surface area contributed by atoms with E-state index >= 15 is 0 Å². The second-order valence-corrected chi connectivity index (χ2v) is 16.0. The molecule has 0 bridgehead atoms. The van der Waals surface area contributed by atoms with Crippen molar-refractivity contribution in [2.75, 3.05) is 4.90 Å². The molecule has 0 unspecified atom stereocenters. The van der Waals surface area contributed by atoms with Gasteiger partial charge in [0.2, 0.25) is 0 Å². The van der Waals surface area contributed by atoms with Gasteiger partial charge in [0.1, 0.15) is 11.2 Å². The van der Waals surface area contributed by atoms with Crippen molar-refractivity contribution >= 4 is 71.3 Å². The number of anilines is 3. The van der Waals surface area contributed by atoms with Gasteiger partial charge in [-0.05, 0) is 108 Å². The summed E-state index contributed by atoms with van der Waals surface area (Å²) in [7, 11) is 0. The van der Waals surface area contributed by atoms with Crippen molar-refractivity contribution in [3.05, 3.63) is 237 Å². The minimum Gasteiger partial charge on any atom is -0.455 e. The Hall–Kier alpha value is -8.20. The van der Waals surface area contributed by atoms with E-state index < -0.39 is 0 Å². The fraction of sp³-hybridized carbons (Fsp3) is 0. The topological polar surface area (TPSA) is 16.4 Å². The van der Waals surface area contributed by atoms with Gasteiger partial charge >= 0.3 is 0 Å². The highest BCUT2D eigenvalue weighted by molar-refractivity contribution is 6.22. The summed E-state index contributed by atoms with van der Waals surface area (Å²) in [4.78, 5) is 2.44. The van der Waals surface area contributed by atoms with Crippen molar-refractivity contribution in [2.24, 2.45) is 0 Å². The maximum atomic E-state index is 6.76. The molecule has 0 spiro atoms. The minimum atomic E-state index is 0.873. The lowest BCUT2D eigenvalue weighted by atomic mass is 9.92. The van der Waals surface area contributed by atoms with E-state index in [1.165, 1.54) is 49.4 Å². The molecule has 0 aliphatic rings. The fourth-order valence-electron chi connectivity index (χ4n) is 9.45. The first-order valence-electron chi connectivity index (χ1n) is 21.2. The van der Waals surface area contributed by atoms with Gasteiger partial charge in [-0.3, -0.25) is 0 Å². The van der Waals surface area contributed by atoms with Crippen LogP contribution in [0.15, 0.2) is 241 Å². The zero-order chi connectivity index (χ0) is 41.0. The van der Waals surface area contributed by atoms with E-state index in [0.29, 0.717) is 0 Å². The monoisotopic (exact) mass is 789 g/mol. The summed E-state index contributed by atoms with van der Waals surface area (Å²) >= 11 is 0. The molecule has 0 amide bonds. The van der Waals surface area contributed by atoms with Gasteiger partial charge in [0.05, 0.1) is 16.8 Å². The van der Waals surface area contributed by atoms with Crippen LogP contribution in [0, 0.1) is 0 Å². The molecule has 1 heterocycles. The number of rotatable bonds is 7. The Bertz CT molecular complexity index is 3610. The lowest BCUT2D eigenvalue weighted by molar-refractivity contribution is 0.672. The largest absolute Gasteiger partial charge is 0.455 e. The molecule has 12 aromatic rings. The van der Waals surface area contributed by atoms with Crippen LogP contribution in [0.5, 0.6) is 0 Å².